The molecule has 1 heterocycles. The number of rotatable bonds is 7. The number of morpholine rings is 1. The van der Waals surface area contributed by atoms with Crippen LogP contribution in [0.2, 0.25) is 0 Å². The van der Waals surface area contributed by atoms with Crippen molar-refractivity contribution in [3.63, 3.8) is 0 Å². The SMILES string of the molecule is CCCCNC(N)=NCc1ccc(CN2CCOCC2)cc1.I. The van der Waals surface area contributed by atoms with Crippen LogP contribution >= 0.6 is 24.0 Å². The molecule has 0 unspecified atom stereocenters. The number of benzene rings is 1. The number of aliphatic imine (C=N–C) groups is 1. The Balaban J connectivity index is 0.00000264. The molecule has 130 valence electrons. The lowest BCUT2D eigenvalue weighted by Crippen LogP contribution is -2.35. The van der Waals surface area contributed by atoms with E-state index in [1.807, 2.05) is 0 Å². The summed E-state index contributed by atoms with van der Waals surface area (Å²) >= 11 is 0. The molecule has 23 heavy (non-hydrogen) atoms. The van der Waals surface area contributed by atoms with Gasteiger partial charge < -0.3 is 15.8 Å². The summed E-state index contributed by atoms with van der Waals surface area (Å²) in [6.45, 7) is 8.40. The molecular weight excluding hydrogens is 403 g/mol. The van der Waals surface area contributed by atoms with Crippen LogP contribution in [0.3, 0.4) is 0 Å². The van der Waals surface area contributed by atoms with Crippen LogP contribution in [0.4, 0.5) is 0 Å². The van der Waals surface area contributed by atoms with Gasteiger partial charge in [0.2, 0.25) is 0 Å². The van der Waals surface area contributed by atoms with Crippen molar-refractivity contribution in [3.05, 3.63) is 35.4 Å². The fourth-order valence-corrected chi connectivity index (χ4v) is 2.39. The average Bonchev–Trinajstić information content (AvgIpc) is 2.55. The summed E-state index contributed by atoms with van der Waals surface area (Å²) in [5, 5.41) is 3.13. The molecule has 1 aliphatic rings. The molecule has 1 saturated heterocycles. The topological polar surface area (TPSA) is 62.9 Å². The Hall–Kier alpha value is -0.860. The molecule has 0 atom stereocenters. The molecule has 1 fully saturated rings. The highest BCUT2D eigenvalue weighted by Gasteiger charge is 2.10. The molecule has 0 spiro atoms. The van der Waals surface area contributed by atoms with Crippen molar-refractivity contribution in [2.75, 3.05) is 32.8 Å². The Morgan fingerprint density at radius 2 is 1.87 bits per heavy atom. The lowest BCUT2D eigenvalue weighted by Gasteiger charge is -2.26. The zero-order valence-corrected chi connectivity index (χ0v) is 16.3. The molecule has 0 radical (unpaired) electrons. The van der Waals surface area contributed by atoms with E-state index in [0.29, 0.717) is 12.5 Å². The number of unbranched alkanes of at least 4 members (excludes halogenated alkanes) is 1. The van der Waals surface area contributed by atoms with Gasteiger partial charge in [-0.25, -0.2) is 4.99 Å². The van der Waals surface area contributed by atoms with Gasteiger partial charge in [-0.3, -0.25) is 4.90 Å². The number of hydrogen-bond acceptors (Lipinski definition) is 3. The molecule has 0 aliphatic carbocycles. The third kappa shape index (κ3) is 7.99. The molecule has 0 saturated carbocycles. The van der Waals surface area contributed by atoms with Crippen molar-refractivity contribution in [2.24, 2.45) is 10.7 Å². The molecule has 0 bridgehead atoms. The Morgan fingerprint density at radius 1 is 1.22 bits per heavy atom. The summed E-state index contributed by atoms with van der Waals surface area (Å²) in [5.74, 6) is 0.533. The molecule has 5 nitrogen and oxygen atoms in total. The van der Waals surface area contributed by atoms with E-state index < -0.39 is 0 Å². The first-order valence-electron chi connectivity index (χ1n) is 8.19. The minimum absolute atomic E-state index is 0. The summed E-state index contributed by atoms with van der Waals surface area (Å²) in [6, 6.07) is 8.64. The van der Waals surface area contributed by atoms with E-state index in [4.69, 9.17) is 10.5 Å². The Bertz CT molecular complexity index is 458. The van der Waals surface area contributed by atoms with Crippen molar-refractivity contribution in [1.82, 2.24) is 10.2 Å². The van der Waals surface area contributed by atoms with Crippen molar-refractivity contribution in [2.45, 2.75) is 32.9 Å². The van der Waals surface area contributed by atoms with E-state index in [0.717, 1.165) is 52.2 Å². The van der Waals surface area contributed by atoms with E-state index in [1.54, 1.807) is 0 Å². The van der Waals surface area contributed by atoms with E-state index >= 15 is 0 Å². The van der Waals surface area contributed by atoms with Crippen molar-refractivity contribution >= 4 is 29.9 Å². The number of ether oxygens (including phenoxy) is 1. The first kappa shape index (κ1) is 20.2. The number of halogens is 1. The predicted octanol–water partition coefficient (Wildman–Crippen LogP) is 2.34. The van der Waals surface area contributed by atoms with Crippen LogP contribution in [0.5, 0.6) is 0 Å². The van der Waals surface area contributed by atoms with Crippen LogP contribution in [0, 0.1) is 0 Å². The smallest absolute Gasteiger partial charge is 0.188 e. The molecule has 3 N–H and O–H groups in total. The highest BCUT2D eigenvalue weighted by Crippen LogP contribution is 2.10. The molecule has 0 amide bonds. The lowest BCUT2D eigenvalue weighted by molar-refractivity contribution is 0.0342. The van der Waals surface area contributed by atoms with E-state index in [1.165, 1.54) is 11.1 Å². The number of guanidine groups is 1. The third-order valence-electron chi connectivity index (χ3n) is 3.80. The maximum Gasteiger partial charge on any atom is 0.188 e. The average molecular weight is 432 g/mol. The fraction of sp³-hybridized carbons (Fsp3) is 0.588. The quantitative estimate of drug-likeness (QED) is 0.301. The Labute approximate surface area is 156 Å². The highest BCUT2D eigenvalue weighted by atomic mass is 127. The largest absolute Gasteiger partial charge is 0.379 e. The van der Waals surface area contributed by atoms with E-state index in [9.17, 15) is 0 Å². The monoisotopic (exact) mass is 432 g/mol. The van der Waals surface area contributed by atoms with Crippen LogP contribution in [-0.2, 0) is 17.8 Å². The molecular formula is C17H29IN4O. The number of nitrogens with two attached hydrogens (primary N) is 1. The van der Waals surface area contributed by atoms with Gasteiger partial charge in [0.1, 0.15) is 0 Å². The number of hydrogen-bond donors (Lipinski definition) is 2. The summed E-state index contributed by atoms with van der Waals surface area (Å²) in [6.07, 6.45) is 2.28. The molecule has 0 aromatic heterocycles. The van der Waals surface area contributed by atoms with Gasteiger partial charge in [-0.15, -0.1) is 24.0 Å². The van der Waals surface area contributed by atoms with Gasteiger partial charge in [0, 0.05) is 26.2 Å². The van der Waals surface area contributed by atoms with Crippen LogP contribution in [0.15, 0.2) is 29.3 Å². The first-order chi connectivity index (χ1) is 10.8. The molecule has 2 rings (SSSR count). The molecule has 1 aromatic carbocycles. The summed E-state index contributed by atoms with van der Waals surface area (Å²) in [5.41, 5.74) is 8.36. The Morgan fingerprint density at radius 3 is 2.52 bits per heavy atom. The van der Waals surface area contributed by atoms with Gasteiger partial charge in [-0.05, 0) is 17.5 Å². The second-order valence-electron chi connectivity index (χ2n) is 5.69. The fourth-order valence-electron chi connectivity index (χ4n) is 2.39. The van der Waals surface area contributed by atoms with Gasteiger partial charge >= 0.3 is 0 Å². The first-order valence-corrected chi connectivity index (χ1v) is 8.19. The Kier molecular flexibility index (Phi) is 10.2. The maximum atomic E-state index is 5.84. The minimum atomic E-state index is 0. The zero-order valence-electron chi connectivity index (χ0n) is 14.0. The van der Waals surface area contributed by atoms with Crippen LogP contribution in [-0.4, -0.2) is 43.7 Å². The highest BCUT2D eigenvalue weighted by molar-refractivity contribution is 14.0. The molecule has 1 aliphatic heterocycles. The van der Waals surface area contributed by atoms with Gasteiger partial charge in [-0.1, -0.05) is 37.6 Å². The van der Waals surface area contributed by atoms with Crippen LogP contribution in [0.1, 0.15) is 30.9 Å². The van der Waals surface area contributed by atoms with Gasteiger partial charge in [0.25, 0.3) is 0 Å². The van der Waals surface area contributed by atoms with E-state index in [2.05, 4.69) is 46.4 Å². The number of nitrogens with zero attached hydrogens (tertiary/aromatic N) is 2. The summed E-state index contributed by atoms with van der Waals surface area (Å²) in [7, 11) is 0. The predicted molar refractivity (Wildman–Crippen MR) is 106 cm³/mol. The second kappa shape index (κ2) is 11.6. The minimum Gasteiger partial charge on any atom is -0.379 e. The zero-order chi connectivity index (χ0) is 15.6. The molecule has 1 aromatic rings. The van der Waals surface area contributed by atoms with Crippen LogP contribution < -0.4 is 11.1 Å². The summed E-state index contributed by atoms with van der Waals surface area (Å²) < 4.78 is 5.37. The molecule has 6 heteroatoms. The standard InChI is InChI=1S/C17H28N4O.HI/c1-2-3-8-19-17(18)20-13-15-4-6-16(7-5-15)14-21-9-11-22-12-10-21;/h4-7H,2-3,8-14H2,1H3,(H3,18,19,20);1H. The number of nitrogens with one attached hydrogen (secondary N) is 1. The van der Waals surface area contributed by atoms with Crippen molar-refractivity contribution < 1.29 is 4.74 Å². The van der Waals surface area contributed by atoms with Crippen molar-refractivity contribution in [1.29, 1.82) is 0 Å². The van der Waals surface area contributed by atoms with E-state index in [-0.39, 0.29) is 24.0 Å². The summed E-state index contributed by atoms with van der Waals surface area (Å²) in [4.78, 5) is 6.79. The normalized spacial score (nSPS) is 16.0. The van der Waals surface area contributed by atoms with Gasteiger partial charge in [0.05, 0.1) is 19.8 Å². The maximum absolute atomic E-state index is 5.84. The lowest BCUT2D eigenvalue weighted by atomic mass is 10.1. The van der Waals surface area contributed by atoms with Gasteiger partial charge in [0.15, 0.2) is 5.96 Å². The second-order valence-corrected chi connectivity index (χ2v) is 5.69. The third-order valence-corrected chi connectivity index (χ3v) is 3.80. The van der Waals surface area contributed by atoms with Gasteiger partial charge in [-0.2, -0.15) is 0 Å². The van der Waals surface area contributed by atoms with Crippen molar-refractivity contribution in [3.8, 4) is 0 Å². The van der Waals surface area contributed by atoms with Crippen LogP contribution in [0.25, 0.3) is 0 Å².